The van der Waals surface area contributed by atoms with Gasteiger partial charge in [0, 0.05) is 37.4 Å². The van der Waals surface area contributed by atoms with Gasteiger partial charge < -0.3 is 19.4 Å². The monoisotopic (exact) mass is 315 g/mol. The third-order valence-corrected chi connectivity index (χ3v) is 4.36. The molecule has 1 amide bonds. The molecule has 0 bridgehead atoms. The highest BCUT2D eigenvalue weighted by Crippen LogP contribution is 2.20. The first kappa shape index (κ1) is 15.4. The first-order chi connectivity index (χ1) is 11.0. The van der Waals surface area contributed by atoms with Crippen LogP contribution in [0.3, 0.4) is 0 Å². The molecule has 6 nitrogen and oxygen atoms in total. The lowest BCUT2D eigenvalue weighted by Crippen LogP contribution is -2.49. The van der Waals surface area contributed by atoms with Crippen LogP contribution in [0.5, 0.6) is 5.75 Å². The van der Waals surface area contributed by atoms with Gasteiger partial charge in [-0.3, -0.25) is 4.79 Å². The molecule has 23 heavy (non-hydrogen) atoms. The van der Waals surface area contributed by atoms with Crippen LogP contribution in [0.2, 0.25) is 0 Å². The number of hydrogen-bond donors (Lipinski definition) is 1. The number of aryl methyl sites for hydroxylation is 2. The van der Waals surface area contributed by atoms with Crippen LogP contribution in [0.1, 0.15) is 17.0 Å². The normalized spacial score (nSPS) is 15.0. The van der Waals surface area contributed by atoms with E-state index in [1.165, 1.54) is 0 Å². The van der Waals surface area contributed by atoms with Gasteiger partial charge in [-0.25, -0.2) is 0 Å². The average Bonchev–Trinajstić information content (AvgIpc) is 2.87. The van der Waals surface area contributed by atoms with E-state index in [0.717, 1.165) is 35.8 Å². The number of phenols is 1. The third-order valence-electron chi connectivity index (χ3n) is 4.36. The van der Waals surface area contributed by atoms with Gasteiger partial charge in [-0.05, 0) is 38.1 Å². The van der Waals surface area contributed by atoms with E-state index in [4.69, 9.17) is 4.52 Å². The largest absolute Gasteiger partial charge is 0.508 e. The minimum Gasteiger partial charge on any atom is -0.508 e. The van der Waals surface area contributed by atoms with Crippen molar-refractivity contribution < 1.29 is 14.4 Å². The maximum atomic E-state index is 12.5. The molecule has 1 saturated heterocycles. The topological polar surface area (TPSA) is 69.8 Å². The number of benzene rings is 1. The van der Waals surface area contributed by atoms with Crippen molar-refractivity contribution in [2.45, 2.75) is 20.3 Å². The molecule has 1 aliphatic heterocycles. The molecule has 1 aromatic carbocycles. The van der Waals surface area contributed by atoms with Gasteiger partial charge in [0.2, 0.25) is 5.91 Å². The van der Waals surface area contributed by atoms with Crippen LogP contribution >= 0.6 is 0 Å². The van der Waals surface area contributed by atoms with Gasteiger partial charge >= 0.3 is 0 Å². The van der Waals surface area contributed by atoms with Crippen molar-refractivity contribution in [1.82, 2.24) is 10.1 Å². The quantitative estimate of drug-likeness (QED) is 0.936. The van der Waals surface area contributed by atoms with E-state index in [2.05, 4.69) is 10.1 Å². The van der Waals surface area contributed by atoms with E-state index in [1.807, 2.05) is 30.9 Å². The summed E-state index contributed by atoms with van der Waals surface area (Å²) >= 11 is 0. The number of aromatic hydroxyl groups is 1. The van der Waals surface area contributed by atoms with Crippen molar-refractivity contribution in [2.24, 2.45) is 0 Å². The lowest BCUT2D eigenvalue weighted by Gasteiger charge is -2.36. The Balaban J connectivity index is 1.58. The number of nitrogens with zero attached hydrogens (tertiary/aromatic N) is 3. The lowest BCUT2D eigenvalue weighted by molar-refractivity contribution is -0.130. The van der Waals surface area contributed by atoms with Crippen molar-refractivity contribution in [3.63, 3.8) is 0 Å². The highest BCUT2D eigenvalue weighted by atomic mass is 16.5. The van der Waals surface area contributed by atoms with Crippen LogP contribution in [0.15, 0.2) is 28.8 Å². The summed E-state index contributed by atoms with van der Waals surface area (Å²) in [4.78, 5) is 16.6. The predicted molar refractivity (Wildman–Crippen MR) is 86.6 cm³/mol. The van der Waals surface area contributed by atoms with Crippen molar-refractivity contribution >= 4 is 11.6 Å². The van der Waals surface area contributed by atoms with E-state index < -0.39 is 0 Å². The van der Waals surface area contributed by atoms with Gasteiger partial charge in [0.05, 0.1) is 12.1 Å². The lowest BCUT2D eigenvalue weighted by atomic mass is 10.1. The van der Waals surface area contributed by atoms with Gasteiger partial charge in [-0.15, -0.1) is 0 Å². The summed E-state index contributed by atoms with van der Waals surface area (Å²) in [6.07, 6.45) is 0.348. The van der Waals surface area contributed by atoms with Gasteiger partial charge in [0.15, 0.2) is 0 Å². The number of amides is 1. The Morgan fingerprint density at radius 2 is 1.83 bits per heavy atom. The van der Waals surface area contributed by atoms with Crippen LogP contribution in [-0.4, -0.2) is 47.2 Å². The Hall–Kier alpha value is -2.50. The van der Waals surface area contributed by atoms with Crippen molar-refractivity contribution in [3.8, 4) is 5.75 Å². The first-order valence-electron chi connectivity index (χ1n) is 7.78. The molecule has 6 heteroatoms. The zero-order valence-corrected chi connectivity index (χ0v) is 13.5. The van der Waals surface area contributed by atoms with Gasteiger partial charge in [-0.1, -0.05) is 5.16 Å². The molecule has 1 fully saturated rings. The summed E-state index contributed by atoms with van der Waals surface area (Å²) in [5.74, 6) is 1.10. The second kappa shape index (κ2) is 6.32. The molecule has 0 unspecified atom stereocenters. The molecule has 122 valence electrons. The zero-order valence-electron chi connectivity index (χ0n) is 13.5. The Bertz CT molecular complexity index is 666. The average molecular weight is 315 g/mol. The molecule has 1 N–H and O–H groups in total. The summed E-state index contributed by atoms with van der Waals surface area (Å²) in [5, 5.41) is 13.3. The van der Waals surface area contributed by atoms with Crippen molar-refractivity contribution in [1.29, 1.82) is 0 Å². The molecule has 0 atom stereocenters. The zero-order chi connectivity index (χ0) is 16.4. The summed E-state index contributed by atoms with van der Waals surface area (Å²) < 4.78 is 5.12. The number of carbonyl (C=O) groups is 1. The Morgan fingerprint density at radius 1 is 1.17 bits per heavy atom. The van der Waals surface area contributed by atoms with E-state index >= 15 is 0 Å². The molecule has 1 aromatic heterocycles. The van der Waals surface area contributed by atoms with E-state index in [0.29, 0.717) is 19.5 Å². The molecular weight excluding hydrogens is 294 g/mol. The van der Waals surface area contributed by atoms with Crippen LogP contribution in [0.25, 0.3) is 0 Å². The van der Waals surface area contributed by atoms with Gasteiger partial charge in [-0.2, -0.15) is 0 Å². The minimum atomic E-state index is 0.116. The highest BCUT2D eigenvalue weighted by molar-refractivity contribution is 5.79. The second-order valence-electron chi connectivity index (χ2n) is 5.86. The molecule has 2 aromatic rings. The predicted octanol–water partition coefficient (Wildman–Crippen LogP) is 1.89. The number of rotatable bonds is 3. The van der Waals surface area contributed by atoms with Crippen molar-refractivity contribution in [3.05, 3.63) is 41.3 Å². The molecule has 0 saturated carbocycles. The molecular formula is C17H21N3O3. The fourth-order valence-electron chi connectivity index (χ4n) is 2.89. The SMILES string of the molecule is Cc1noc(C)c1CC(=O)N1CCN(c2ccc(O)cc2)CC1. The Morgan fingerprint density at radius 3 is 2.39 bits per heavy atom. The number of aromatic nitrogens is 1. The van der Waals surface area contributed by atoms with E-state index in [9.17, 15) is 9.90 Å². The van der Waals surface area contributed by atoms with Crippen molar-refractivity contribution in [2.75, 3.05) is 31.1 Å². The maximum absolute atomic E-state index is 12.5. The minimum absolute atomic E-state index is 0.116. The van der Waals surface area contributed by atoms with Crippen LogP contribution in [0.4, 0.5) is 5.69 Å². The molecule has 0 aliphatic carbocycles. The van der Waals surface area contributed by atoms with Crippen LogP contribution in [0, 0.1) is 13.8 Å². The molecule has 1 aliphatic rings. The Labute approximate surface area is 135 Å². The smallest absolute Gasteiger partial charge is 0.227 e. The Kier molecular flexibility index (Phi) is 4.23. The fraction of sp³-hybridized carbons (Fsp3) is 0.412. The van der Waals surface area contributed by atoms with E-state index in [1.54, 1.807) is 12.1 Å². The molecule has 0 spiro atoms. The molecule has 0 radical (unpaired) electrons. The second-order valence-corrected chi connectivity index (χ2v) is 5.86. The highest BCUT2D eigenvalue weighted by Gasteiger charge is 2.23. The number of hydrogen-bond acceptors (Lipinski definition) is 5. The maximum Gasteiger partial charge on any atom is 0.227 e. The van der Waals surface area contributed by atoms with E-state index in [-0.39, 0.29) is 11.7 Å². The summed E-state index contributed by atoms with van der Waals surface area (Å²) in [7, 11) is 0. The standard InChI is InChI=1S/C17H21N3O3/c1-12-16(13(2)23-18-12)11-17(22)20-9-7-19(8-10-20)14-3-5-15(21)6-4-14/h3-6,21H,7-11H2,1-2H3. The van der Waals surface area contributed by atoms with Crippen LogP contribution < -0.4 is 4.90 Å². The number of carbonyl (C=O) groups excluding carboxylic acids is 1. The third kappa shape index (κ3) is 3.31. The molecule has 2 heterocycles. The summed E-state index contributed by atoms with van der Waals surface area (Å²) in [5.41, 5.74) is 2.76. The number of piperazine rings is 1. The van der Waals surface area contributed by atoms with Gasteiger partial charge in [0.1, 0.15) is 11.5 Å². The summed E-state index contributed by atoms with van der Waals surface area (Å²) in [6.45, 7) is 6.68. The van der Waals surface area contributed by atoms with Crippen LogP contribution in [-0.2, 0) is 11.2 Å². The number of anilines is 1. The number of phenolic OH excluding ortho intramolecular Hbond substituents is 1. The fourth-order valence-corrected chi connectivity index (χ4v) is 2.89. The first-order valence-corrected chi connectivity index (χ1v) is 7.78. The van der Waals surface area contributed by atoms with Gasteiger partial charge in [0.25, 0.3) is 0 Å². The summed E-state index contributed by atoms with van der Waals surface area (Å²) in [6, 6.07) is 7.17. The molecule has 3 rings (SSSR count).